The molecule has 0 bridgehead atoms. The number of nitrogens with two attached hydrogens (primary N) is 1. The lowest BCUT2D eigenvalue weighted by atomic mass is 10.0. The largest absolute Gasteiger partial charge is 0.409 e. The summed E-state index contributed by atoms with van der Waals surface area (Å²) in [5, 5.41) is 11.8. The molecular formula is C15H23N3O. The zero-order valence-electron chi connectivity index (χ0n) is 11.6. The van der Waals surface area contributed by atoms with Crippen molar-refractivity contribution < 1.29 is 5.21 Å². The Balaban J connectivity index is 2.18. The molecule has 0 aliphatic carbocycles. The summed E-state index contributed by atoms with van der Waals surface area (Å²) >= 11 is 0. The van der Waals surface area contributed by atoms with Crippen LogP contribution in [0.3, 0.4) is 0 Å². The van der Waals surface area contributed by atoms with E-state index in [2.05, 4.69) is 22.2 Å². The van der Waals surface area contributed by atoms with E-state index in [-0.39, 0.29) is 5.84 Å². The molecule has 3 N–H and O–H groups in total. The number of hydrogen-bond acceptors (Lipinski definition) is 3. The minimum Gasteiger partial charge on any atom is -0.409 e. The molecule has 0 saturated carbocycles. The molecule has 2 rings (SSSR count). The normalized spacial score (nSPS) is 17.9. The van der Waals surface area contributed by atoms with Gasteiger partial charge in [-0.15, -0.1) is 0 Å². The molecule has 4 heteroatoms. The zero-order valence-corrected chi connectivity index (χ0v) is 11.6. The third-order valence-corrected chi connectivity index (χ3v) is 3.81. The molecule has 0 aromatic heterocycles. The van der Waals surface area contributed by atoms with Crippen molar-refractivity contribution in [1.82, 2.24) is 0 Å². The molecule has 1 aliphatic rings. The topological polar surface area (TPSA) is 61.8 Å². The van der Waals surface area contributed by atoms with E-state index >= 15 is 0 Å². The summed E-state index contributed by atoms with van der Waals surface area (Å²) in [4.78, 5) is 2.45. The summed E-state index contributed by atoms with van der Waals surface area (Å²) in [6, 6.07) is 6.15. The van der Waals surface area contributed by atoms with E-state index in [4.69, 9.17) is 10.9 Å². The van der Waals surface area contributed by atoms with Crippen LogP contribution >= 0.6 is 0 Å². The number of oxime groups is 1. The van der Waals surface area contributed by atoms with Gasteiger partial charge < -0.3 is 15.8 Å². The van der Waals surface area contributed by atoms with Crippen molar-refractivity contribution in [3.05, 3.63) is 29.3 Å². The Hall–Kier alpha value is -1.71. The van der Waals surface area contributed by atoms with Gasteiger partial charge in [0.2, 0.25) is 0 Å². The van der Waals surface area contributed by atoms with Crippen LogP contribution in [0.4, 0.5) is 5.69 Å². The summed E-state index contributed by atoms with van der Waals surface area (Å²) in [7, 11) is 0. The van der Waals surface area contributed by atoms with Gasteiger partial charge in [-0.25, -0.2) is 0 Å². The van der Waals surface area contributed by atoms with Gasteiger partial charge in [0, 0.05) is 24.3 Å². The lowest BCUT2D eigenvalue weighted by Gasteiger charge is -2.27. The number of benzene rings is 1. The van der Waals surface area contributed by atoms with E-state index in [0.29, 0.717) is 0 Å². The molecule has 0 atom stereocenters. The van der Waals surface area contributed by atoms with Gasteiger partial charge in [0.15, 0.2) is 5.84 Å². The van der Waals surface area contributed by atoms with Crippen LogP contribution in [0.15, 0.2) is 23.4 Å². The van der Waals surface area contributed by atoms with E-state index in [9.17, 15) is 0 Å². The lowest BCUT2D eigenvalue weighted by molar-refractivity contribution is 0.318. The molecule has 0 radical (unpaired) electrons. The van der Waals surface area contributed by atoms with Gasteiger partial charge >= 0.3 is 0 Å². The molecular weight excluding hydrogens is 238 g/mol. The number of amidine groups is 1. The molecule has 0 amide bonds. The van der Waals surface area contributed by atoms with Crippen LogP contribution in [-0.4, -0.2) is 24.1 Å². The first-order valence-corrected chi connectivity index (χ1v) is 7.06. The second-order valence-corrected chi connectivity index (χ2v) is 5.24. The van der Waals surface area contributed by atoms with Crippen molar-refractivity contribution in [1.29, 1.82) is 0 Å². The third-order valence-electron chi connectivity index (χ3n) is 3.81. The fourth-order valence-corrected chi connectivity index (χ4v) is 2.69. The van der Waals surface area contributed by atoms with Crippen LogP contribution in [-0.2, 0) is 0 Å². The smallest absolute Gasteiger partial charge is 0.170 e. The second-order valence-electron chi connectivity index (χ2n) is 5.24. The van der Waals surface area contributed by atoms with E-state index in [1.807, 2.05) is 13.0 Å². The number of rotatable bonds is 2. The molecule has 4 nitrogen and oxygen atoms in total. The van der Waals surface area contributed by atoms with Gasteiger partial charge in [-0.05, 0) is 43.5 Å². The molecule has 19 heavy (non-hydrogen) atoms. The van der Waals surface area contributed by atoms with Gasteiger partial charge in [-0.3, -0.25) is 0 Å². The highest BCUT2D eigenvalue weighted by Crippen LogP contribution is 2.22. The highest BCUT2D eigenvalue weighted by atomic mass is 16.4. The van der Waals surface area contributed by atoms with E-state index in [1.54, 1.807) is 0 Å². The summed E-state index contributed by atoms with van der Waals surface area (Å²) in [6.45, 7) is 4.26. The van der Waals surface area contributed by atoms with Crippen LogP contribution in [0, 0.1) is 6.92 Å². The van der Waals surface area contributed by atoms with Crippen LogP contribution in [0.25, 0.3) is 0 Å². The molecule has 1 fully saturated rings. The van der Waals surface area contributed by atoms with Crippen molar-refractivity contribution in [3.8, 4) is 0 Å². The summed E-state index contributed by atoms with van der Waals surface area (Å²) < 4.78 is 0. The van der Waals surface area contributed by atoms with Crippen LogP contribution < -0.4 is 10.6 Å². The monoisotopic (exact) mass is 261 g/mol. The molecule has 104 valence electrons. The molecule has 1 aromatic carbocycles. The number of anilines is 1. The predicted molar refractivity (Wildman–Crippen MR) is 79.0 cm³/mol. The molecule has 1 aromatic rings. The Kier molecular flexibility index (Phi) is 4.66. The van der Waals surface area contributed by atoms with Crippen LogP contribution in [0.5, 0.6) is 0 Å². The van der Waals surface area contributed by atoms with Gasteiger partial charge in [-0.2, -0.15) is 0 Å². The number of aryl methyl sites for hydroxylation is 1. The van der Waals surface area contributed by atoms with Gasteiger partial charge in [0.25, 0.3) is 0 Å². The summed E-state index contributed by atoms with van der Waals surface area (Å²) in [5.41, 5.74) is 8.75. The highest BCUT2D eigenvalue weighted by molar-refractivity contribution is 5.98. The summed E-state index contributed by atoms with van der Waals surface area (Å²) in [5.74, 6) is 0.178. The standard InChI is InChI=1S/C15H23N3O/c1-12-11-13(7-8-14(12)15(16)17-19)18-9-5-3-2-4-6-10-18/h7-8,11,19H,2-6,9-10H2,1H3,(H2,16,17). The SMILES string of the molecule is Cc1cc(N2CCCCCCC2)ccc1/C(N)=N/O. The van der Waals surface area contributed by atoms with Crippen LogP contribution in [0.2, 0.25) is 0 Å². The number of nitrogens with zero attached hydrogens (tertiary/aromatic N) is 2. The third kappa shape index (κ3) is 3.40. The first kappa shape index (κ1) is 13.7. The van der Waals surface area contributed by atoms with Crippen molar-refractivity contribution in [2.24, 2.45) is 10.9 Å². The molecule has 0 spiro atoms. The van der Waals surface area contributed by atoms with E-state index < -0.39 is 0 Å². The Labute approximate surface area is 114 Å². The average Bonchev–Trinajstić information content (AvgIpc) is 2.37. The van der Waals surface area contributed by atoms with Crippen LogP contribution in [0.1, 0.15) is 43.2 Å². The Bertz CT molecular complexity index is 449. The maximum Gasteiger partial charge on any atom is 0.170 e. The zero-order chi connectivity index (χ0) is 13.7. The van der Waals surface area contributed by atoms with Crippen molar-refractivity contribution in [3.63, 3.8) is 0 Å². The van der Waals surface area contributed by atoms with Crippen molar-refractivity contribution in [2.45, 2.75) is 39.0 Å². The predicted octanol–water partition coefficient (Wildman–Crippen LogP) is 2.86. The van der Waals surface area contributed by atoms with E-state index in [0.717, 1.165) is 24.2 Å². The van der Waals surface area contributed by atoms with Gasteiger partial charge in [-0.1, -0.05) is 24.4 Å². The van der Waals surface area contributed by atoms with Crippen molar-refractivity contribution >= 4 is 11.5 Å². The second kappa shape index (κ2) is 6.45. The molecule has 1 heterocycles. The highest BCUT2D eigenvalue weighted by Gasteiger charge is 2.11. The fourth-order valence-electron chi connectivity index (χ4n) is 2.69. The van der Waals surface area contributed by atoms with Crippen molar-refractivity contribution in [2.75, 3.05) is 18.0 Å². The average molecular weight is 261 g/mol. The minimum atomic E-state index is 0.178. The first-order chi connectivity index (χ1) is 9.22. The lowest BCUT2D eigenvalue weighted by Crippen LogP contribution is -2.27. The van der Waals surface area contributed by atoms with Gasteiger partial charge in [0.05, 0.1) is 0 Å². The fraction of sp³-hybridized carbons (Fsp3) is 0.533. The molecule has 0 unspecified atom stereocenters. The Morgan fingerprint density at radius 1 is 1.16 bits per heavy atom. The molecule has 1 aliphatic heterocycles. The number of hydrogen-bond donors (Lipinski definition) is 2. The maximum atomic E-state index is 8.75. The minimum absolute atomic E-state index is 0.178. The van der Waals surface area contributed by atoms with E-state index in [1.165, 1.54) is 37.8 Å². The maximum absolute atomic E-state index is 8.75. The first-order valence-electron chi connectivity index (χ1n) is 7.06. The van der Waals surface area contributed by atoms with Gasteiger partial charge in [0.1, 0.15) is 0 Å². The molecule has 1 saturated heterocycles. The quantitative estimate of drug-likeness (QED) is 0.372. The Morgan fingerprint density at radius 3 is 2.37 bits per heavy atom. The Morgan fingerprint density at radius 2 is 1.79 bits per heavy atom. The summed E-state index contributed by atoms with van der Waals surface area (Å²) in [6.07, 6.45) is 6.56.